The molecule has 7 nitrogen and oxygen atoms in total. The SMILES string of the molecule is O=C(COC(=O)CCSc1ccc(Cl)cc1)Nc1cc(Cl)ccc1-n1cncn1. The lowest BCUT2D eigenvalue weighted by Gasteiger charge is -2.11. The molecule has 0 atom stereocenters. The van der Waals surface area contributed by atoms with Crippen molar-refractivity contribution in [3.63, 3.8) is 0 Å². The predicted molar refractivity (Wildman–Crippen MR) is 113 cm³/mol. The maximum Gasteiger partial charge on any atom is 0.307 e. The molecule has 0 radical (unpaired) electrons. The maximum atomic E-state index is 12.2. The van der Waals surface area contributed by atoms with E-state index in [1.807, 2.05) is 12.1 Å². The summed E-state index contributed by atoms with van der Waals surface area (Å²) in [6.07, 6.45) is 3.06. The van der Waals surface area contributed by atoms with E-state index in [2.05, 4.69) is 15.4 Å². The van der Waals surface area contributed by atoms with Crippen molar-refractivity contribution in [1.82, 2.24) is 14.8 Å². The molecule has 1 aromatic heterocycles. The van der Waals surface area contributed by atoms with Crippen molar-refractivity contribution in [2.24, 2.45) is 0 Å². The molecule has 0 unspecified atom stereocenters. The molecule has 0 aliphatic carbocycles. The molecule has 0 saturated carbocycles. The third-order valence-corrected chi connectivity index (χ3v) is 5.15. The van der Waals surface area contributed by atoms with Crippen molar-refractivity contribution in [3.8, 4) is 5.69 Å². The first-order valence-corrected chi connectivity index (χ1v) is 10.2. The molecule has 2 aromatic carbocycles. The fourth-order valence-corrected chi connectivity index (χ4v) is 3.46. The van der Waals surface area contributed by atoms with Gasteiger partial charge < -0.3 is 10.1 Å². The van der Waals surface area contributed by atoms with Crippen LogP contribution in [0.25, 0.3) is 5.69 Å². The molecule has 0 saturated heterocycles. The van der Waals surface area contributed by atoms with Gasteiger partial charge in [0.05, 0.1) is 17.8 Å². The maximum absolute atomic E-state index is 12.2. The number of carbonyl (C=O) groups excluding carboxylic acids is 2. The summed E-state index contributed by atoms with van der Waals surface area (Å²) in [5, 5.41) is 7.82. The summed E-state index contributed by atoms with van der Waals surface area (Å²) < 4.78 is 6.53. The number of carbonyl (C=O) groups is 2. The highest BCUT2D eigenvalue weighted by atomic mass is 35.5. The molecule has 1 amide bonds. The van der Waals surface area contributed by atoms with Gasteiger partial charge in [0.15, 0.2) is 6.61 Å². The Morgan fingerprint density at radius 3 is 2.59 bits per heavy atom. The number of nitrogens with zero attached hydrogens (tertiary/aromatic N) is 3. The first-order valence-electron chi connectivity index (χ1n) is 8.49. The third kappa shape index (κ3) is 6.49. The van der Waals surface area contributed by atoms with Crippen LogP contribution in [0.1, 0.15) is 6.42 Å². The van der Waals surface area contributed by atoms with Crippen LogP contribution in [0.3, 0.4) is 0 Å². The van der Waals surface area contributed by atoms with Crippen molar-refractivity contribution in [1.29, 1.82) is 0 Å². The first kappa shape index (κ1) is 21.2. The number of ether oxygens (including phenoxy) is 1. The third-order valence-electron chi connectivity index (χ3n) is 3.65. The summed E-state index contributed by atoms with van der Waals surface area (Å²) >= 11 is 13.4. The van der Waals surface area contributed by atoms with E-state index in [4.69, 9.17) is 27.9 Å². The molecule has 0 aliphatic heterocycles. The Balaban J connectivity index is 1.47. The average molecular weight is 451 g/mol. The lowest BCUT2D eigenvalue weighted by Crippen LogP contribution is -2.22. The Kier molecular flexibility index (Phi) is 7.51. The van der Waals surface area contributed by atoms with Gasteiger partial charge in [0.1, 0.15) is 12.7 Å². The van der Waals surface area contributed by atoms with E-state index in [0.29, 0.717) is 27.2 Å². The monoisotopic (exact) mass is 450 g/mol. The molecule has 0 fully saturated rings. The Bertz CT molecular complexity index is 982. The second-order valence-corrected chi connectivity index (χ2v) is 7.80. The standard InChI is InChI=1S/C19H16Cl2N4O3S/c20-13-1-4-15(5-2-13)29-8-7-19(27)28-10-18(26)24-16-9-14(21)3-6-17(16)25-12-22-11-23-25/h1-6,9,11-12H,7-8,10H2,(H,24,26). The molecule has 0 spiro atoms. The van der Waals surface area contributed by atoms with E-state index in [0.717, 1.165) is 4.90 Å². The summed E-state index contributed by atoms with van der Waals surface area (Å²) in [7, 11) is 0. The lowest BCUT2D eigenvalue weighted by atomic mass is 10.2. The minimum Gasteiger partial charge on any atom is -0.456 e. The van der Waals surface area contributed by atoms with Crippen molar-refractivity contribution in [3.05, 3.63) is 65.2 Å². The summed E-state index contributed by atoms with van der Waals surface area (Å²) in [6.45, 7) is -0.395. The zero-order chi connectivity index (χ0) is 20.6. The normalized spacial score (nSPS) is 10.6. The van der Waals surface area contributed by atoms with Gasteiger partial charge in [-0.1, -0.05) is 23.2 Å². The molecule has 0 aliphatic rings. The predicted octanol–water partition coefficient (Wildman–Crippen LogP) is 4.24. The van der Waals surface area contributed by atoms with Crippen LogP contribution in [0, 0.1) is 0 Å². The van der Waals surface area contributed by atoms with Gasteiger partial charge in [0, 0.05) is 20.7 Å². The fraction of sp³-hybridized carbons (Fsp3) is 0.158. The molecule has 3 rings (SSSR count). The van der Waals surface area contributed by atoms with E-state index in [-0.39, 0.29) is 6.42 Å². The van der Waals surface area contributed by atoms with Crippen LogP contribution < -0.4 is 5.32 Å². The van der Waals surface area contributed by atoms with Gasteiger partial charge in [-0.15, -0.1) is 11.8 Å². The topological polar surface area (TPSA) is 86.1 Å². The van der Waals surface area contributed by atoms with Crippen molar-refractivity contribution < 1.29 is 14.3 Å². The highest BCUT2D eigenvalue weighted by Crippen LogP contribution is 2.24. The Morgan fingerprint density at radius 1 is 1.10 bits per heavy atom. The number of esters is 1. The number of nitrogens with one attached hydrogen (secondary N) is 1. The number of amides is 1. The summed E-state index contributed by atoms with van der Waals surface area (Å²) in [5.41, 5.74) is 1.02. The average Bonchev–Trinajstić information content (AvgIpc) is 3.23. The Hall–Kier alpha value is -2.55. The van der Waals surface area contributed by atoms with Crippen LogP contribution >= 0.6 is 35.0 Å². The van der Waals surface area contributed by atoms with Crippen molar-refractivity contribution in [2.75, 3.05) is 17.7 Å². The van der Waals surface area contributed by atoms with Crippen LogP contribution in [0.2, 0.25) is 10.0 Å². The van der Waals surface area contributed by atoms with Crippen LogP contribution in [0.5, 0.6) is 0 Å². The van der Waals surface area contributed by atoms with Gasteiger partial charge in [-0.2, -0.15) is 5.10 Å². The molecule has 3 aromatic rings. The highest BCUT2D eigenvalue weighted by molar-refractivity contribution is 7.99. The largest absolute Gasteiger partial charge is 0.456 e. The highest BCUT2D eigenvalue weighted by Gasteiger charge is 2.12. The molecule has 10 heteroatoms. The van der Waals surface area contributed by atoms with E-state index in [1.165, 1.54) is 29.1 Å². The van der Waals surface area contributed by atoms with Crippen molar-refractivity contribution in [2.45, 2.75) is 11.3 Å². The van der Waals surface area contributed by atoms with E-state index in [9.17, 15) is 9.59 Å². The fourth-order valence-electron chi connectivity index (χ4n) is 2.33. The number of hydrogen-bond donors (Lipinski definition) is 1. The van der Waals surface area contributed by atoms with Gasteiger partial charge in [-0.3, -0.25) is 9.59 Å². The number of aromatic nitrogens is 3. The molecule has 150 valence electrons. The van der Waals surface area contributed by atoms with Gasteiger partial charge in [0.2, 0.25) is 0 Å². The minimum absolute atomic E-state index is 0.182. The number of thioether (sulfide) groups is 1. The molecule has 1 N–H and O–H groups in total. The van der Waals surface area contributed by atoms with Crippen LogP contribution in [0.15, 0.2) is 60.0 Å². The van der Waals surface area contributed by atoms with E-state index >= 15 is 0 Å². The number of halogens is 2. The second kappa shape index (κ2) is 10.3. The molecular formula is C19H16Cl2N4O3S. The van der Waals surface area contributed by atoms with Crippen molar-refractivity contribution >= 4 is 52.5 Å². The van der Waals surface area contributed by atoms with Gasteiger partial charge in [0.25, 0.3) is 5.91 Å². The smallest absolute Gasteiger partial charge is 0.307 e. The first-order chi connectivity index (χ1) is 14.0. The van der Waals surface area contributed by atoms with E-state index in [1.54, 1.807) is 30.3 Å². The molecular weight excluding hydrogens is 435 g/mol. The molecule has 0 bridgehead atoms. The molecule has 1 heterocycles. The number of hydrogen-bond acceptors (Lipinski definition) is 6. The number of anilines is 1. The van der Waals surface area contributed by atoms with Gasteiger partial charge in [-0.05, 0) is 42.5 Å². The second-order valence-electron chi connectivity index (χ2n) is 5.76. The summed E-state index contributed by atoms with van der Waals surface area (Å²) in [4.78, 5) is 28.9. The van der Waals surface area contributed by atoms with Gasteiger partial charge >= 0.3 is 5.97 Å². The molecule has 29 heavy (non-hydrogen) atoms. The quantitative estimate of drug-likeness (QED) is 0.407. The number of rotatable bonds is 8. The van der Waals surface area contributed by atoms with Gasteiger partial charge in [-0.25, -0.2) is 9.67 Å². The van der Waals surface area contributed by atoms with Crippen LogP contribution in [-0.2, 0) is 14.3 Å². The minimum atomic E-state index is -0.479. The summed E-state index contributed by atoms with van der Waals surface area (Å²) in [6, 6.07) is 12.3. The zero-order valence-corrected chi connectivity index (χ0v) is 17.4. The number of benzene rings is 2. The Morgan fingerprint density at radius 2 is 1.86 bits per heavy atom. The lowest BCUT2D eigenvalue weighted by molar-refractivity contribution is -0.146. The Labute approximate surface area is 181 Å². The van der Waals surface area contributed by atoms with Crippen LogP contribution in [-0.4, -0.2) is 39.0 Å². The zero-order valence-electron chi connectivity index (χ0n) is 15.0. The summed E-state index contributed by atoms with van der Waals surface area (Å²) in [5.74, 6) is -0.399. The van der Waals surface area contributed by atoms with E-state index < -0.39 is 18.5 Å². The van der Waals surface area contributed by atoms with Crippen LogP contribution in [0.4, 0.5) is 5.69 Å².